The number of anilines is 1. The van der Waals surface area contributed by atoms with Gasteiger partial charge in [-0.1, -0.05) is 0 Å². The smallest absolute Gasteiger partial charge is 0.160 e. The van der Waals surface area contributed by atoms with E-state index < -0.39 is 0 Å². The maximum Gasteiger partial charge on any atom is 0.160 e. The largest absolute Gasteiger partial charge is 0.493 e. The van der Waals surface area contributed by atoms with Crippen LogP contribution in [0.25, 0.3) is 0 Å². The average molecular weight is 168 g/mol. The van der Waals surface area contributed by atoms with E-state index in [1.807, 2.05) is 0 Å². The first-order valence-corrected chi connectivity index (χ1v) is 3.55. The van der Waals surface area contributed by atoms with Crippen LogP contribution in [0.2, 0.25) is 0 Å². The van der Waals surface area contributed by atoms with Crippen LogP contribution in [-0.4, -0.2) is 19.2 Å². The van der Waals surface area contributed by atoms with Crippen LogP contribution in [0.1, 0.15) is 5.69 Å². The fourth-order valence-electron chi connectivity index (χ4n) is 0.901. The first-order chi connectivity index (χ1) is 5.77. The Balaban J connectivity index is 2.86. The normalized spacial score (nSPS) is 9.83. The molecule has 2 N–H and O–H groups in total. The van der Waals surface area contributed by atoms with E-state index in [9.17, 15) is 0 Å². The molecule has 66 valence electrons. The Bertz CT molecular complexity index is 263. The second-order valence-electron chi connectivity index (χ2n) is 2.35. The van der Waals surface area contributed by atoms with Gasteiger partial charge in [-0.25, -0.2) is 0 Å². The highest BCUT2D eigenvalue weighted by Crippen LogP contribution is 2.19. The lowest BCUT2D eigenvalue weighted by Crippen LogP contribution is -1.97. The Morgan fingerprint density at radius 1 is 1.50 bits per heavy atom. The van der Waals surface area contributed by atoms with Crippen molar-refractivity contribution in [3.63, 3.8) is 0 Å². The number of nitrogens with two attached hydrogens (primary N) is 1. The highest BCUT2D eigenvalue weighted by atomic mass is 16.5. The van der Waals surface area contributed by atoms with Gasteiger partial charge in [0.2, 0.25) is 0 Å². The maximum atomic E-state index is 5.64. The van der Waals surface area contributed by atoms with Gasteiger partial charge >= 0.3 is 0 Å². The first-order valence-electron chi connectivity index (χ1n) is 3.55. The molecule has 0 aromatic carbocycles. The monoisotopic (exact) mass is 168 g/mol. The van der Waals surface area contributed by atoms with Crippen LogP contribution >= 0.6 is 0 Å². The Morgan fingerprint density at radius 2 is 2.25 bits per heavy atom. The molecule has 1 aromatic rings. The SMILES string of the molecule is COCc1cc(N)c(OC)cn1. The van der Waals surface area contributed by atoms with Gasteiger partial charge in [0.05, 0.1) is 31.3 Å². The molecule has 0 atom stereocenters. The molecule has 0 radical (unpaired) electrons. The minimum atomic E-state index is 0.466. The molecule has 0 spiro atoms. The van der Waals surface area contributed by atoms with Gasteiger partial charge in [-0.05, 0) is 6.07 Å². The zero-order valence-electron chi connectivity index (χ0n) is 7.20. The number of methoxy groups -OCH3 is 2. The summed E-state index contributed by atoms with van der Waals surface area (Å²) in [7, 11) is 3.17. The summed E-state index contributed by atoms with van der Waals surface area (Å²) >= 11 is 0. The molecule has 0 fully saturated rings. The summed E-state index contributed by atoms with van der Waals surface area (Å²) in [4.78, 5) is 4.07. The predicted molar refractivity (Wildman–Crippen MR) is 45.9 cm³/mol. The lowest BCUT2D eigenvalue weighted by Gasteiger charge is -2.04. The van der Waals surface area contributed by atoms with Crippen molar-refractivity contribution < 1.29 is 9.47 Å². The third-order valence-corrected chi connectivity index (χ3v) is 1.47. The molecule has 1 aromatic heterocycles. The standard InChI is InChI=1S/C8H12N2O2/c1-11-5-6-3-7(9)8(12-2)4-10-6/h3-4H,5H2,1-2H3,(H2,9,10). The summed E-state index contributed by atoms with van der Waals surface area (Å²) in [5.74, 6) is 0.592. The Kier molecular flexibility index (Phi) is 2.88. The van der Waals surface area contributed by atoms with Gasteiger partial charge in [-0.2, -0.15) is 0 Å². The Hall–Kier alpha value is -1.29. The van der Waals surface area contributed by atoms with Gasteiger partial charge < -0.3 is 15.2 Å². The number of nitrogen functional groups attached to an aromatic ring is 1. The second kappa shape index (κ2) is 3.92. The van der Waals surface area contributed by atoms with Crippen LogP contribution in [0.3, 0.4) is 0 Å². The van der Waals surface area contributed by atoms with E-state index >= 15 is 0 Å². The topological polar surface area (TPSA) is 57.4 Å². The molecular formula is C8H12N2O2. The lowest BCUT2D eigenvalue weighted by molar-refractivity contribution is 0.181. The van der Waals surface area contributed by atoms with Gasteiger partial charge in [-0.3, -0.25) is 4.98 Å². The van der Waals surface area contributed by atoms with Gasteiger partial charge in [0, 0.05) is 7.11 Å². The molecular weight excluding hydrogens is 156 g/mol. The van der Waals surface area contributed by atoms with Crippen molar-refractivity contribution in [2.75, 3.05) is 20.0 Å². The van der Waals surface area contributed by atoms with Crippen LogP contribution in [-0.2, 0) is 11.3 Å². The minimum absolute atomic E-state index is 0.466. The highest BCUT2D eigenvalue weighted by Gasteiger charge is 2.00. The summed E-state index contributed by atoms with van der Waals surface area (Å²) in [6.45, 7) is 0.466. The van der Waals surface area contributed by atoms with E-state index in [1.165, 1.54) is 0 Å². The number of hydrogen-bond acceptors (Lipinski definition) is 4. The van der Waals surface area contributed by atoms with E-state index in [-0.39, 0.29) is 0 Å². The van der Waals surface area contributed by atoms with Crippen LogP contribution in [0.5, 0.6) is 5.75 Å². The van der Waals surface area contributed by atoms with Crippen molar-refractivity contribution in [2.24, 2.45) is 0 Å². The third kappa shape index (κ3) is 1.85. The minimum Gasteiger partial charge on any atom is -0.493 e. The van der Waals surface area contributed by atoms with Crippen molar-refractivity contribution in [1.29, 1.82) is 0 Å². The summed E-state index contributed by atoms with van der Waals surface area (Å²) < 4.78 is 9.85. The number of ether oxygens (including phenoxy) is 2. The molecule has 0 saturated carbocycles. The van der Waals surface area contributed by atoms with Crippen molar-refractivity contribution in [2.45, 2.75) is 6.61 Å². The van der Waals surface area contributed by atoms with Crippen molar-refractivity contribution in [1.82, 2.24) is 4.98 Å². The molecule has 1 rings (SSSR count). The second-order valence-corrected chi connectivity index (χ2v) is 2.35. The highest BCUT2D eigenvalue weighted by molar-refractivity contribution is 5.51. The zero-order chi connectivity index (χ0) is 8.97. The zero-order valence-corrected chi connectivity index (χ0v) is 7.20. The quantitative estimate of drug-likeness (QED) is 0.725. The first kappa shape index (κ1) is 8.80. The molecule has 4 heteroatoms. The fraction of sp³-hybridized carbons (Fsp3) is 0.375. The molecule has 12 heavy (non-hydrogen) atoms. The van der Waals surface area contributed by atoms with Gasteiger partial charge in [0.25, 0.3) is 0 Å². The number of rotatable bonds is 3. The number of aromatic nitrogens is 1. The van der Waals surface area contributed by atoms with E-state index in [4.69, 9.17) is 15.2 Å². The van der Waals surface area contributed by atoms with Crippen LogP contribution in [0.4, 0.5) is 5.69 Å². The van der Waals surface area contributed by atoms with Crippen LogP contribution in [0, 0.1) is 0 Å². The Morgan fingerprint density at radius 3 is 2.75 bits per heavy atom. The van der Waals surface area contributed by atoms with Crippen molar-refractivity contribution in [3.05, 3.63) is 18.0 Å². The van der Waals surface area contributed by atoms with E-state index in [0.29, 0.717) is 18.0 Å². The molecule has 0 aliphatic heterocycles. The average Bonchev–Trinajstić information content (AvgIpc) is 2.05. The van der Waals surface area contributed by atoms with Crippen LogP contribution < -0.4 is 10.5 Å². The number of hydrogen-bond donors (Lipinski definition) is 1. The molecule has 0 unspecified atom stereocenters. The van der Waals surface area contributed by atoms with Gasteiger partial charge in [-0.15, -0.1) is 0 Å². The van der Waals surface area contributed by atoms with Crippen molar-refractivity contribution in [3.8, 4) is 5.75 Å². The molecule has 0 saturated heterocycles. The van der Waals surface area contributed by atoms with Gasteiger partial charge in [0.15, 0.2) is 5.75 Å². The maximum absolute atomic E-state index is 5.64. The number of pyridine rings is 1. The molecule has 0 amide bonds. The molecule has 0 aliphatic rings. The number of nitrogens with zero attached hydrogens (tertiary/aromatic N) is 1. The molecule has 0 bridgehead atoms. The van der Waals surface area contributed by atoms with E-state index in [1.54, 1.807) is 26.5 Å². The molecule has 1 heterocycles. The third-order valence-electron chi connectivity index (χ3n) is 1.47. The summed E-state index contributed by atoms with van der Waals surface area (Å²) in [6, 6.07) is 1.74. The van der Waals surface area contributed by atoms with Gasteiger partial charge in [0.1, 0.15) is 0 Å². The lowest BCUT2D eigenvalue weighted by atomic mass is 10.3. The van der Waals surface area contributed by atoms with Crippen LogP contribution in [0.15, 0.2) is 12.3 Å². The summed E-state index contributed by atoms with van der Waals surface area (Å²) in [5.41, 5.74) is 7.03. The molecule has 0 aliphatic carbocycles. The Labute approximate surface area is 71.3 Å². The summed E-state index contributed by atoms with van der Waals surface area (Å²) in [5, 5.41) is 0. The fourth-order valence-corrected chi connectivity index (χ4v) is 0.901. The van der Waals surface area contributed by atoms with Crippen molar-refractivity contribution >= 4 is 5.69 Å². The molecule has 4 nitrogen and oxygen atoms in total. The summed E-state index contributed by atoms with van der Waals surface area (Å²) in [6.07, 6.45) is 1.59. The van der Waals surface area contributed by atoms with E-state index in [2.05, 4.69) is 4.98 Å². The predicted octanol–water partition coefficient (Wildman–Crippen LogP) is 0.819. The van der Waals surface area contributed by atoms with E-state index in [0.717, 1.165) is 5.69 Å².